The summed E-state index contributed by atoms with van der Waals surface area (Å²) in [6, 6.07) is 2.05. The van der Waals surface area contributed by atoms with Crippen LogP contribution in [-0.4, -0.2) is 28.1 Å². The summed E-state index contributed by atoms with van der Waals surface area (Å²) in [4.78, 5) is 22.2. The molecule has 0 fully saturated rings. The monoisotopic (exact) mass is 284 g/mol. The molecule has 0 aliphatic rings. The molecule has 0 bridgehead atoms. The van der Waals surface area contributed by atoms with Crippen LogP contribution in [0.15, 0.2) is 16.8 Å². The van der Waals surface area contributed by atoms with E-state index in [-0.39, 0.29) is 18.3 Å². The number of carbonyl (C=O) groups is 2. The molecule has 2 N–H and O–H groups in total. The van der Waals surface area contributed by atoms with Crippen molar-refractivity contribution in [2.45, 2.75) is 39.2 Å². The van der Waals surface area contributed by atoms with E-state index in [1.807, 2.05) is 19.2 Å². The van der Waals surface area contributed by atoms with Crippen molar-refractivity contribution in [3.63, 3.8) is 0 Å². The number of aliphatic hydroxyl groups is 1. The zero-order valence-corrected chi connectivity index (χ0v) is 12.0. The van der Waals surface area contributed by atoms with Gasteiger partial charge in [0.2, 0.25) is 6.10 Å². The number of aliphatic carboxylic acids is 1. The number of aliphatic hydroxyl groups excluding tert-OH is 1. The van der Waals surface area contributed by atoms with E-state index < -0.39 is 17.9 Å². The number of hydrogen-bond acceptors (Lipinski definition) is 4. The predicted octanol–water partition coefficient (Wildman–Crippen LogP) is 2.36. The SMILES string of the molecule is CC(C)C(CCc1ccsc1)CC(=O)C(O)C(=O)O. The van der Waals surface area contributed by atoms with E-state index in [1.54, 1.807) is 11.3 Å². The maximum absolute atomic E-state index is 11.6. The minimum atomic E-state index is -1.89. The molecule has 19 heavy (non-hydrogen) atoms. The topological polar surface area (TPSA) is 74.6 Å². The predicted molar refractivity (Wildman–Crippen MR) is 74.2 cm³/mol. The molecule has 0 saturated heterocycles. The van der Waals surface area contributed by atoms with Gasteiger partial charge in [-0.25, -0.2) is 4.79 Å². The molecule has 0 amide bonds. The number of carbonyl (C=O) groups excluding carboxylic acids is 1. The Labute approximate surface area is 117 Å². The molecule has 0 aliphatic heterocycles. The molecule has 5 heteroatoms. The highest BCUT2D eigenvalue weighted by Gasteiger charge is 2.26. The minimum Gasteiger partial charge on any atom is -0.479 e. The highest BCUT2D eigenvalue weighted by atomic mass is 32.1. The standard InChI is InChI=1S/C14H20O4S/c1-9(2)11(4-3-10-5-6-19-8-10)7-12(15)13(16)14(17)18/h5-6,8-9,11,13,16H,3-4,7H2,1-2H3,(H,17,18). The lowest BCUT2D eigenvalue weighted by atomic mass is 9.85. The van der Waals surface area contributed by atoms with Gasteiger partial charge >= 0.3 is 5.97 Å². The van der Waals surface area contributed by atoms with Gasteiger partial charge < -0.3 is 10.2 Å². The van der Waals surface area contributed by atoms with Crippen molar-refractivity contribution in [3.8, 4) is 0 Å². The second-order valence-corrected chi connectivity index (χ2v) is 5.87. The number of thiophene rings is 1. The van der Waals surface area contributed by atoms with Crippen LogP contribution in [-0.2, 0) is 16.0 Å². The van der Waals surface area contributed by atoms with Crippen LogP contribution in [0.2, 0.25) is 0 Å². The van der Waals surface area contributed by atoms with E-state index in [2.05, 4.69) is 11.4 Å². The van der Waals surface area contributed by atoms with Crippen LogP contribution in [0.5, 0.6) is 0 Å². The molecule has 1 heterocycles. The summed E-state index contributed by atoms with van der Waals surface area (Å²) in [5.41, 5.74) is 1.24. The lowest BCUT2D eigenvalue weighted by Crippen LogP contribution is -2.31. The van der Waals surface area contributed by atoms with E-state index in [1.165, 1.54) is 5.56 Å². The fourth-order valence-electron chi connectivity index (χ4n) is 1.97. The maximum Gasteiger partial charge on any atom is 0.340 e. The molecule has 0 radical (unpaired) electrons. The summed E-state index contributed by atoms with van der Waals surface area (Å²) in [5, 5.41) is 21.9. The van der Waals surface area contributed by atoms with Crippen LogP contribution in [0.3, 0.4) is 0 Å². The van der Waals surface area contributed by atoms with Crippen LogP contribution in [0, 0.1) is 11.8 Å². The van der Waals surface area contributed by atoms with Crippen LogP contribution < -0.4 is 0 Å². The van der Waals surface area contributed by atoms with Gasteiger partial charge in [0.05, 0.1) is 0 Å². The molecule has 2 atom stereocenters. The van der Waals surface area contributed by atoms with Crippen LogP contribution in [0.4, 0.5) is 0 Å². The van der Waals surface area contributed by atoms with Gasteiger partial charge in [-0.05, 0) is 47.1 Å². The molecular weight excluding hydrogens is 264 g/mol. The highest BCUT2D eigenvalue weighted by Crippen LogP contribution is 2.23. The minimum absolute atomic E-state index is 0.0985. The van der Waals surface area contributed by atoms with E-state index in [0.717, 1.165) is 12.8 Å². The maximum atomic E-state index is 11.6. The Hall–Kier alpha value is -1.20. The van der Waals surface area contributed by atoms with Gasteiger partial charge in [0.15, 0.2) is 5.78 Å². The van der Waals surface area contributed by atoms with E-state index >= 15 is 0 Å². The molecule has 4 nitrogen and oxygen atoms in total. The Morgan fingerprint density at radius 2 is 2.05 bits per heavy atom. The summed E-state index contributed by atoms with van der Waals surface area (Å²) in [7, 11) is 0. The molecule has 1 rings (SSSR count). The fraction of sp³-hybridized carbons (Fsp3) is 0.571. The molecule has 2 unspecified atom stereocenters. The number of hydrogen-bond donors (Lipinski definition) is 2. The summed E-state index contributed by atoms with van der Waals surface area (Å²) >= 11 is 1.64. The molecule has 0 spiro atoms. The summed E-state index contributed by atoms with van der Waals surface area (Å²) < 4.78 is 0. The average molecular weight is 284 g/mol. The lowest BCUT2D eigenvalue weighted by Gasteiger charge is -2.20. The van der Waals surface area contributed by atoms with Crippen LogP contribution in [0.25, 0.3) is 0 Å². The van der Waals surface area contributed by atoms with Crippen molar-refractivity contribution in [2.24, 2.45) is 11.8 Å². The zero-order chi connectivity index (χ0) is 14.4. The summed E-state index contributed by atoms with van der Waals surface area (Å²) in [6.07, 6.45) is -0.0627. The molecule has 106 valence electrons. The first-order valence-electron chi connectivity index (χ1n) is 6.36. The van der Waals surface area contributed by atoms with Crippen LogP contribution in [0.1, 0.15) is 32.3 Å². The number of carboxylic acid groups (broad SMARTS) is 1. The third kappa shape index (κ3) is 5.12. The second kappa shape index (κ2) is 7.40. The van der Waals surface area contributed by atoms with Crippen molar-refractivity contribution >= 4 is 23.1 Å². The quantitative estimate of drug-likeness (QED) is 0.719. The number of rotatable bonds is 8. The smallest absolute Gasteiger partial charge is 0.340 e. The Morgan fingerprint density at radius 3 is 2.53 bits per heavy atom. The second-order valence-electron chi connectivity index (χ2n) is 5.09. The third-order valence-corrected chi connectivity index (χ3v) is 4.06. The first-order valence-corrected chi connectivity index (χ1v) is 7.30. The van der Waals surface area contributed by atoms with Gasteiger partial charge in [0, 0.05) is 6.42 Å². The summed E-state index contributed by atoms with van der Waals surface area (Å²) in [5.74, 6) is -1.69. The third-order valence-electron chi connectivity index (χ3n) is 3.33. The lowest BCUT2D eigenvalue weighted by molar-refractivity contribution is -0.152. The van der Waals surface area contributed by atoms with Crippen molar-refractivity contribution in [1.29, 1.82) is 0 Å². The normalized spacial score (nSPS) is 14.3. The van der Waals surface area contributed by atoms with Crippen molar-refractivity contribution in [2.75, 3.05) is 0 Å². The number of Topliss-reactive ketones (excluding diaryl/α,β-unsaturated/α-hetero) is 1. The Kier molecular flexibility index (Phi) is 6.18. The van der Waals surface area contributed by atoms with E-state index in [4.69, 9.17) is 5.11 Å². The van der Waals surface area contributed by atoms with Gasteiger partial charge in [-0.1, -0.05) is 13.8 Å². The van der Waals surface area contributed by atoms with Gasteiger partial charge in [-0.3, -0.25) is 4.79 Å². The Bertz CT molecular complexity index is 411. The molecule has 1 aromatic heterocycles. The van der Waals surface area contributed by atoms with Crippen molar-refractivity contribution < 1.29 is 19.8 Å². The molecule has 0 aromatic carbocycles. The van der Waals surface area contributed by atoms with Crippen LogP contribution >= 0.6 is 11.3 Å². The number of aryl methyl sites for hydroxylation is 1. The average Bonchev–Trinajstić information content (AvgIpc) is 2.85. The zero-order valence-electron chi connectivity index (χ0n) is 11.2. The van der Waals surface area contributed by atoms with Crippen molar-refractivity contribution in [3.05, 3.63) is 22.4 Å². The molecule has 0 aliphatic carbocycles. The Morgan fingerprint density at radius 1 is 1.37 bits per heavy atom. The molecule has 0 saturated carbocycles. The number of carboxylic acids is 1. The van der Waals surface area contributed by atoms with Gasteiger partial charge in [0.1, 0.15) is 0 Å². The fourth-order valence-corrected chi connectivity index (χ4v) is 2.67. The molecular formula is C14H20O4S. The van der Waals surface area contributed by atoms with Gasteiger partial charge in [0.25, 0.3) is 0 Å². The first-order chi connectivity index (χ1) is 8.91. The van der Waals surface area contributed by atoms with Gasteiger partial charge in [-0.2, -0.15) is 11.3 Å². The summed E-state index contributed by atoms with van der Waals surface area (Å²) in [6.45, 7) is 4.03. The molecule has 1 aromatic rings. The van der Waals surface area contributed by atoms with Gasteiger partial charge in [-0.15, -0.1) is 0 Å². The van der Waals surface area contributed by atoms with E-state index in [0.29, 0.717) is 0 Å². The number of ketones is 1. The highest BCUT2D eigenvalue weighted by molar-refractivity contribution is 7.07. The van der Waals surface area contributed by atoms with E-state index in [9.17, 15) is 14.7 Å². The Balaban J connectivity index is 2.53. The van der Waals surface area contributed by atoms with Crippen molar-refractivity contribution in [1.82, 2.24) is 0 Å². The largest absolute Gasteiger partial charge is 0.479 e. The first kappa shape index (κ1) is 15.9.